The summed E-state index contributed by atoms with van der Waals surface area (Å²) in [6.45, 7) is 1.66. The fourth-order valence-electron chi connectivity index (χ4n) is 2.69. The SMILES string of the molecule is CCOC(=O)C(=Cc1ccc(Oc2ccc(NC(=O)c3ccc(Cl)c(Cl)c3)cn2)cc1)C(=O)O. The van der Waals surface area contributed by atoms with Crippen molar-refractivity contribution in [2.24, 2.45) is 0 Å². The van der Waals surface area contributed by atoms with Crippen LogP contribution in [0.2, 0.25) is 10.0 Å². The largest absolute Gasteiger partial charge is 0.477 e. The number of hydrogen-bond acceptors (Lipinski definition) is 6. The Morgan fingerprint density at radius 3 is 2.35 bits per heavy atom. The van der Waals surface area contributed by atoms with Crippen LogP contribution in [0.1, 0.15) is 22.8 Å². The molecule has 0 aliphatic heterocycles. The molecule has 10 heteroatoms. The van der Waals surface area contributed by atoms with Crippen LogP contribution in [-0.2, 0) is 14.3 Å². The minimum atomic E-state index is -1.38. The zero-order chi connectivity index (χ0) is 24.7. The van der Waals surface area contributed by atoms with Crippen LogP contribution in [0.25, 0.3) is 6.08 Å². The van der Waals surface area contributed by atoms with E-state index in [0.717, 1.165) is 0 Å². The standard InChI is InChI=1S/C24H18Cl2N2O6/c1-2-33-24(32)18(23(30)31)11-14-3-7-17(8-4-14)34-21-10-6-16(13-27-21)28-22(29)15-5-9-19(25)20(26)12-15/h3-13H,2H2,1H3,(H,28,29)(H,30,31). The van der Waals surface area contributed by atoms with Gasteiger partial charge in [-0.05, 0) is 55.0 Å². The van der Waals surface area contributed by atoms with Crippen molar-refractivity contribution in [3.63, 3.8) is 0 Å². The average Bonchev–Trinajstić information content (AvgIpc) is 2.81. The number of esters is 1. The van der Waals surface area contributed by atoms with Crippen molar-refractivity contribution in [1.29, 1.82) is 0 Å². The number of carboxylic acids is 1. The third-order valence-electron chi connectivity index (χ3n) is 4.32. The number of aromatic nitrogens is 1. The van der Waals surface area contributed by atoms with Gasteiger partial charge >= 0.3 is 11.9 Å². The Labute approximate surface area is 204 Å². The van der Waals surface area contributed by atoms with Crippen LogP contribution < -0.4 is 10.1 Å². The molecule has 3 rings (SSSR count). The second-order valence-corrected chi connectivity index (χ2v) is 7.54. The number of halogens is 2. The number of rotatable bonds is 8. The molecule has 0 saturated heterocycles. The van der Waals surface area contributed by atoms with Gasteiger partial charge in [0.05, 0.1) is 28.5 Å². The van der Waals surface area contributed by atoms with E-state index in [-0.39, 0.29) is 23.4 Å². The molecular weight excluding hydrogens is 483 g/mol. The van der Waals surface area contributed by atoms with Crippen molar-refractivity contribution in [3.05, 3.63) is 87.5 Å². The number of carbonyl (C=O) groups is 3. The lowest BCUT2D eigenvalue weighted by atomic mass is 10.1. The molecule has 8 nitrogen and oxygen atoms in total. The van der Waals surface area contributed by atoms with E-state index in [4.69, 9.17) is 32.7 Å². The molecule has 0 spiro atoms. The number of hydrogen-bond donors (Lipinski definition) is 2. The van der Waals surface area contributed by atoms with E-state index in [0.29, 0.717) is 27.6 Å². The molecule has 3 aromatic rings. The first kappa shape index (κ1) is 24.8. The lowest BCUT2D eigenvalue weighted by Crippen LogP contribution is -2.15. The van der Waals surface area contributed by atoms with Crippen LogP contribution in [-0.4, -0.2) is 34.5 Å². The Kier molecular flexibility index (Phi) is 8.24. The summed E-state index contributed by atoms with van der Waals surface area (Å²) >= 11 is 11.8. The molecule has 1 heterocycles. The smallest absolute Gasteiger partial charge is 0.345 e. The van der Waals surface area contributed by atoms with Crippen molar-refractivity contribution in [1.82, 2.24) is 4.98 Å². The second-order valence-electron chi connectivity index (χ2n) is 6.72. The van der Waals surface area contributed by atoms with Crippen molar-refractivity contribution >= 4 is 52.8 Å². The maximum atomic E-state index is 12.3. The van der Waals surface area contributed by atoms with Crippen molar-refractivity contribution in [3.8, 4) is 11.6 Å². The summed E-state index contributed by atoms with van der Waals surface area (Å²) in [6, 6.07) is 14.1. The van der Waals surface area contributed by atoms with Gasteiger partial charge in [0, 0.05) is 11.6 Å². The number of anilines is 1. The summed E-state index contributed by atoms with van der Waals surface area (Å²) in [5, 5.41) is 12.5. The molecule has 0 fully saturated rings. The van der Waals surface area contributed by atoms with E-state index in [1.54, 1.807) is 49.4 Å². The molecule has 1 aromatic heterocycles. The topological polar surface area (TPSA) is 115 Å². The predicted molar refractivity (Wildman–Crippen MR) is 127 cm³/mol. The number of nitrogens with zero attached hydrogens (tertiary/aromatic N) is 1. The van der Waals surface area contributed by atoms with Gasteiger partial charge in [0.15, 0.2) is 0 Å². The molecule has 0 atom stereocenters. The van der Waals surface area contributed by atoms with Crippen LogP contribution in [0.5, 0.6) is 11.6 Å². The fourth-order valence-corrected chi connectivity index (χ4v) is 2.99. The molecule has 2 aromatic carbocycles. The number of amides is 1. The van der Waals surface area contributed by atoms with Gasteiger partial charge in [0.1, 0.15) is 11.3 Å². The van der Waals surface area contributed by atoms with Gasteiger partial charge in [-0.15, -0.1) is 0 Å². The van der Waals surface area contributed by atoms with E-state index in [1.165, 1.54) is 24.4 Å². The molecule has 0 bridgehead atoms. The van der Waals surface area contributed by atoms with Gasteiger partial charge in [0.2, 0.25) is 5.88 Å². The highest BCUT2D eigenvalue weighted by Gasteiger charge is 2.18. The molecule has 0 radical (unpaired) electrons. The molecule has 174 valence electrons. The number of carboxylic acid groups (broad SMARTS) is 1. The summed E-state index contributed by atoms with van der Waals surface area (Å²) in [5.41, 5.74) is 0.795. The van der Waals surface area contributed by atoms with Crippen molar-refractivity contribution in [2.45, 2.75) is 6.92 Å². The second kappa shape index (κ2) is 11.3. The lowest BCUT2D eigenvalue weighted by molar-refractivity contribution is -0.143. The van der Waals surface area contributed by atoms with Gasteiger partial charge < -0.3 is 19.9 Å². The van der Waals surface area contributed by atoms with E-state index >= 15 is 0 Å². The van der Waals surface area contributed by atoms with Crippen molar-refractivity contribution < 1.29 is 29.0 Å². The maximum absolute atomic E-state index is 12.3. The highest BCUT2D eigenvalue weighted by atomic mass is 35.5. The van der Waals surface area contributed by atoms with E-state index < -0.39 is 17.5 Å². The van der Waals surface area contributed by atoms with E-state index in [9.17, 15) is 19.5 Å². The number of benzene rings is 2. The third-order valence-corrected chi connectivity index (χ3v) is 5.05. The summed E-state index contributed by atoms with van der Waals surface area (Å²) in [7, 11) is 0. The summed E-state index contributed by atoms with van der Waals surface area (Å²) in [4.78, 5) is 39.5. The Bertz CT molecular complexity index is 1240. The number of carbonyl (C=O) groups excluding carboxylic acids is 2. The zero-order valence-electron chi connectivity index (χ0n) is 17.7. The van der Waals surface area contributed by atoms with Gasteiger partial charge in [0.25, 0.3) is 5.91 Å². The third kappa shape index (κ3) is 6.57. The number of ether oxygens (including phenoxy) is 2. The minimum Gasteiger partial charge on any atom is -0.477 e. The van der Waals surface area contributed by atoms with Crippen LogP contribution in [0.3, 0.4) is 0 Å². The summed E-state index contributed by atoms with van der Waals surface area (Å²) in [5.74, 6) is -1.96. The normalized spacial score (nSPS) is 11.0. The molecule has 0 saturated carbocycles. The van der Waals surface area contributed by atoms with Gasteiger partial charge in [-0.25, -0.2) is 14.6 Å². The number of aliphatic carboxylic acids is 1. The molecule has 0 aliphatic rings. The minimum absolute atomic E-state index is 0.0706. The molecule has 1 amide bonds. The van der Waals surface area contributed by atoms with Crippen LogP contribution in [0.4, 0.5) is 5.69 Å². The highest BCUT2D eigenvalue weighted by Crippen LogP contribution is 2.24. The molecule has 0 unspecified atom stereocenters. The van der Waals surface area contributed by atoms with Gasteiger partial charge in [-0.2, -0.15) is 0 Å². The van der Waals surface area contributed by atoms with E-state index in [1.807, 2.05) is 0 Å². The number of nitrogens with one attached hydrogen (secondary N) is 1. The lowest BCUT2D eigenvalue weighted by Gasteiger charge is -2.08. The highest BCUT2D eigenvalue weighted by molar-refractivity contribution is 6.42. The summed E-state index contributed by atoms with van der Waals surface area (Å²) < 4.78 is 10.4. The van der Waals surface area contributed by atoms with Gasteiger partial charge in [-0.1, -0.05) is 35.3 Å². The number of pyridine rings is 1. The fraction of sp³-hybridized carbons (Fsp3) is 0.0833. The first-order valence-electron chi connectivity index (χ1n) is 9.89. The quantitative estimate of drug-likeness (QED) is 0.182. The summed E-state index contributed by atoms with van der Waals surface area (Å²) in [6.07, 6.45) is 2.65. The predicted octanol–water partition coefficient (Wildman–Crippen LogP) is 5.46. The van der Waals surface area contributed by atoms with Crippen molar-refractivity contribution in [2.75, 3.05) is 11.9 Å². The zero-order valence-corrected chi connectivity index (χ0v) is 19.3. The molecular formula is C24H18Cl2N2O6. The van der Waals surface area contributed by atoms with Crippen LogP contribution in [0, 0.1) is 0 Å². The Morgan fingerprint density at radius 1 is 1.03 bits per heavy atom. The maximum Gasteiger partial charge on any atom is 0.345 e. The van der Waals surface area contributed by atoms with E-state index in [2.05, 4.69) is 10.3 Å². The molecule has 2 N–H and O–H groups in total. The average molecular weight is 501 g/mol. The first-order valence-corrected chi connectivity index (χ1v) is 10.6. The first-order chi connectivity index (χ1) is 16.3. The van der Waals surface area contributed by atoms with Crippen LogP contribution >= 0.6 is 23.2 Å². The Morgan fingerprint density at radius 2 is 1.76 bits per heavy atom. The molecule has 0 aliphatic carbocycles. The Hall–Kier alpha value is -3.88. The molecule has 34 heavy (non-hydrogen) atoms. The van der Waals surface area contributed by atoms with Crippen LogP contribution in [0.15, 0.2) is 66.4 Å². The Balaban J connectivity index is 1.64. The van der Waals surface area contributed by atoms with Gasteiger partial charge in [-0.3, -0.25) is 4.79 Å². The monoisotopic (exact) mass is 500 g/mol.